The molecule has 3 nitrogen and oxygen atoms in total. The molecule has 0 aliphatic heterocycles. The second-order valence-corrected chi connectivity index (χ2v) is 3.28. The minimum Gasteiger partial charge on any atom is -0.497 e. The minimum absolute atomic E-state index is 0. The molecule has 15 heavy (non-hydrogen) atoms. The average molecular weight is 232 g/mol. The number of hydrogen-bond donors (Lipinski definition) is 1. The largest absolute Gasteiger partial charge is 0.497 e. The summed E-state index contributed by atoms with van der Waals surface area (Å²) in [6.45, 7) is 2.70. The Kier molecular flexibility index (Phi) is 6.13. The molecule has 0 saturated heterocycles. The van der Waals surface area contributed by atoms with Gasteiger partial charge in [-0.15, -0.1) is 12.4 Å². The maximum absolute atomic E-state index is 5.61. The van der Waals surface area contributed by atoms with Crippen LogP contribution >= 0.6 is 12.4 Å². The highest BCUT2D eigenvalue weighted by atomic mass is 35.5. The Labute approximate surface area is 97.0 Å². The quantitative estimate of drug-likeness (QED) is 0.864. The molecule has 4 heteroatoms. The van der Waals surface area contributed by atoms with Crippen molar-refractivity contribution in [1.82, 2.24) is 0 Å². The number of hydrogen-bond acceptors (Lipinski definition) is 3. The molecule has 0 fully saturated rings. The van der Waals surface area contributed by atoms with Crippen LogP contribution in [0.25, 0.3) is 0 Å². The van der Waals surface area contributed by atoms with Crippen LogP contribution in [0.1, 0.15) is 18.4 Å². The Balaban J connectivity index is 0.00000196. The summed E-state index contributed by atoms with van der Waals surface area (Å²) in [5, 5.41) is 0. The SMILES string of the molecule is COc1cc(OC)cc(C(C)CN)c1.Cl. The first kappa shape index (κ1) is 14.1. The third-order valence-electron chi connectivity index (χ3n) is 2.30. The van der Waals surface area contributed by atoms with E-state index in [1.54, 1.807) is 14.2 Å². The number of ether oxygens (including phenoxy) is 2. The Morgan fingerprint density at radius 3 is 1.93 bits per heavy atom. The summed E-state index contributed by atoms with van der Waals surface area (Å²) >= 11 is 0. The molecule has 0 radical (unpaired) electrons. The van der Waals surface area contributed by atoms with E-state index < -0.39 is 0 Å². The van der Waals surface area contributed by atoms with Gasteiger partial charge in [-0.05, 0) is 30.2 Å². The summed E-state index contributed by atoms with van der Waals surface area (Å²) < 4.78 is 10.3. The molecular weight excluding hydrogens is 214 g/mol. The summed E-state index contributed by atoms with van der Waals surface area (Å²) in [5.74, 6) is 1.93. The number of benzene rings is 1. The van der Waals surface area contributed by atoms with Gasteiger partial charge in [0.1, 0.15) is 11.5 Å². The van der Waals surface area contributed by atoms with E-state index >= 15 is 0 Å². The molecular formula is C11H18ClNO2. The smallest absolute Gasteiger partial charge is 0.122 e. The number of nitrogens with two attached hydrogens (primary N) is 1. The van der Waals surface area contributed by atoms with Crippen LogP contribution in [-0.2, 0) is 0 Å². The molecule has 1 aromatic rings. The van der Waals surface area contributed by atoms with Crippen LogP contribution in [0.5, 0.6) is 11.5 Å². The second kappa shape index (κ2) is 6.53. The number of methoxy groups -OCH3 is 2. The first-order chi connectivity index (χ1) is 6.71. The standard InChI is InChI=1S/C11H17NO2.ClH/c1-8(7-12)9-4-10(13-2)6-11(5-9)14-3;/h4-6,8H,7,12H2,1-3H3;1H. The van der Waals surface area contributed by atoms with Crippen molar-refractivity contribution in [2.45, 2.75) is 12.8 Å². The van der Waals surface area contributed by atoms with Crippen LogP contribution < -0.4 is 15.2 Å². The van der Waals surface area contributed by atoms with E-state index in [1.165, 1.54) is 0 Å². The second-order valence-electron chi connectivity index (χ2n) is 3.28. The van der Waals surface area contributed by atoms with Crippen LogP contribution in [0.4, 0.5) is 0 Å². The fraction of sp³-hybridized carbons (Fsp3) is 0.455. The van der Waals surface area contributed by atoms with Crippen LogP contribution in [0.3, 0.4) is 0 Å². The molecule has 0 aliphatic rings. The molecule has 1 aromatic carbocycles. The number of rotatable bonds is 4. The van der Waals surface area contributed by atoms with Crippen molar-refractivity contribution in [2.75, 3.05) is 20.8 Å². The lowest BCUT2D eigenvalue weighted by Gasteiger charge is -2.12. The molecule has 1 unspecified atom stereocenters. The van der Waals surface area contributed by atoms with Gasteiger partial charge < -0.3 is 15.2 Å². The molecule has 2 N–H and O–H groups in total. The van der Waals surface area contributed by atoms with E-state index in [0.29, 0.717) is 12.5 Å². The molecule has 0 heterocycles. The monoisotopic (exact) mass is 231 g/mol. The molecule has 0 bridgehead atoms. The van der Waals surface area contributed by atoms with Crippen molar-refractivity contribution in [3.8, 4) is 11.5 Å². The number of halogens is 1. The van der Waals surface area contributed by atoms with Gasteiger partial charge in [-0.2, -0.15) is 0 Å². The van der Waals surface area contributed by atoms with Gasteiger partial charge in [0.05, 0.1) is 14.2 Å². The highest BCUT2D eigenvalue weighted by Gasteiger charge is 2.07. The fourth-order valence-corrected chi connectivity index (χ4v) is 1.25. The summed E-state index contributed by atoms with van der Waals surface area (Å²) in [5.41, 5.74) is 6.75. The molecule has 86 valence electrons. The van der Waals surface area contributed by atoms with Gasteiger partial charge in [0.25, 0.3) is 0 Å². The highest BCUT2D eigenvalue weighted by molar-refractivity contribution is 5.85. The van der Waals surface area contributed by atoms with Crippen LogP contribution in [0, 0.1) is 0 Å². The van der Waals surface area contributed by atoms with Crippen LogP contribution in [0.15, 0.2) is 18.2 Å². The predicted octanol–water partition coefficient (Wildman–Crippen LogP) is 2.19. The lowest BCUT2D eigenvalue weighted by Crippen LogP contribution is -2.09. The lowest BCUT2D eigenvalue weighted by atomic mass is 10.0. The maximum Gasteiger partial charge on any atom is 0.122 e. The van der Waals surface area contributed by atoms with Gasteiger partial charge in [0.15, 0.2) is 0 Å². The van der Waals surface area contributed by atoms with Gasteiger partial charge in [0.2, 0.25) is 0 Å². The predicted molar refractivity (Wildman–Crippen MR) is 64.3 cm³/mol. The normalized spacial score (nSPS) is 11.5. The zero-order valence-electron chi connectivity index (χ0n) is 9.32. The van der Waals surface area contributed by atoms with E-state index in [1.807, 2.05) is 18.2 Å². The molecule has 0 amide bonds. The van der Waals surface area contributed by atoms with Crippen molar-refractivity contribution in [3.63, 3.8) is 0 Å². The molecule has 0 aromatic heterocycles. The zero-order chi connectivity index (χ0) is 10.6. The summed E-state index contributed by atoms with van der Waals surface area (Å²) in [7, 11) is 3.29. The fourth-order valence-electron chi connectivity index (χ4n) is 1.25. The van der Waals surface area contributed by atoms with Crippen molar-refractivity contribution < 1.29 is 9.47 Å². The van der Waals surface area contributed by atoms with Crippen molar-refractivity contribution in [2.24, 2.45) is 5.73 Å². The summed E-state index contributed by atoms with van der Waals surface area (Å²) in [4.78, 5) is 0. The molecule has 0 spiro atoms. The third-order valence-corrected chi connectivity index (χ3v) is 2.30. The topological polar surface area (TPSA) is 44.5 Å². The van der Waals surface area contributed by atoms with E-state index in [-0.39, 0.29) is 12.4 Å². The van der Waals surface area contributed by atoms with E-state index in [2.05, 4.69) is 6.92 Å². The lowest BCUT2D eigenvalue weighted by molar-refractivity contribution is 0.393. The van der Waals surface area contributed by atoms with Gasteiger partial charge in [-0.1, -0.05) is 6.92 Å². The van der Waals surface area contributed by atoms with E-state index in [9.17, 15) is 0 Å². The first-order valence-electron chi connectivity index (χ1n) is 4.64. The van der Waals surface area contributed by atoms with Crippen LogP contribution in [0.2, 0.25) is 0 Å². The Morgan fingerprint density at radius 1 is 1.13 bits per heavy atom. The molecule has 0 aliphatic carbocycles. The van der Waals surface area contributed by atoms with Crippen molar-refractivity contribution >= 4 is 12.4 Å². The van der Waals surface area contributed by atoms with Gasteiger partial charge in [-0.3, -0.25) is 0 Å². The zero-order valence-corrected chi connectivity index (χ0v) is 10.1. The highest BCUT2D eigenvalue weighted by Crippen LogP contribution is 2.26. The Hall–Kier alpha value is -0.930. The molecule has 0 saturated carbocycles. The Morgan fingerprint density at radius 2 is 1.60 bits per heavy atom. The molecule has 1 atom stereocenters. The first-order valence-corrected chi connectivity index (χ1v) is 4.64. The summed E-state index contributed by atoms with van der Waals surface area (Å²) in [6, 6.07) is 5.83. The van der Waals surface area contributed by atoms with Gasteiger partial charge in [-0.25, -0.2) is 0 Å². The molecule has 1 rings (SSSR count). The van der Waals surface area contributed by atoms with Crippen molar-refractivity contribution in [1.29, 1.82) is 0 Å². The van der Waals surface area contributed by atoms with Gasteiger partial charge in [0, 0.05) is 6.07 Å². The summed E-state index contributed by atoms with van der Waals surface area (Å²) in [6.07, 6.45) is 0. The minimum atomic E-state index is 0. The Bertz CT molecular complexity index is 282. The van der Waals surface area contributed by atoms with E-state index in [0.717, 1.165) is 17.1 Å². The van der Waals surface area contributed by atoms with Crippen molar-refractivity contribution in [3.05, 3.63) is 23.8 Å². The average Bonchev–Trinajstić information content (AvgIpc) is 2.27. The third kappa shape index (κ3) is 3.61. The van der Waals surface area contributed by atoms with Gasteiger partial charge >= 0.3 is 0 Å². The maximum atomic E-state index is 5.61. The van der Waals surface area contributed by atoms with Crippen LogP contribution in [-0.4, -0.2) is 20.8 Å². The van der Waals surface area contributed by atoms with E-state index in [4.69, 9.17) is 15.2 Å².